The Hall–Kier alpha value is -1.94. The fourth-order valence-corrected chi connectivity index (χ4v) is 15.4. The zero-order chi connectivity index (χ0) is 79.3. The zero-order valence-electron chi connectivity index (χ0n) is 71.3. The number of ether oxygens (including phenoxy) is 4. The van der Waals surface area contributed by atoms with Crippen LogP contribution in [0.3, 0.4) is 0 Å². The summed E-state index contributed by atoms with van der Waals surface area (Å²) in [5.41, 5.74) is 0. The first-order chi connectivity index (χ1) is 52.3. The predicted octanol–water partition coefficient (Wildman–Crippen LogP) is 27.3. The Morgan fingerprint density at radius 1 is 0.269 bits per heavy atom. The Morgan fingerprint density at radius 2 is 0.472 bits per heavy atom. The lowest BCUT2D eigenvalue weighted by atomic mass is 9.99. The van der Waals surface area contributed by atoms with Gasteiger partial charge in [0.25, 0.3) is 0 Å². The van der Waals surface area contributed by atoms with Crippen molar-refractivity contribution >= 4 is 39.5 Å². The molecule has 0 spiro atoms. The summed E-state index contributed by atoms with van der Waals surface area (Å²) in [5, 5.41) is 10.7. The van der Waals surface area contributed by atoms with Crippen LogP contribution in [0.5, 0.6) is 0 Å². The van der Waals surface area contributed by atoms with Gasteiger partial charge in [-0.15, -0.1) is 0 Å². The largest absolute Gasteiger partial charge is 0.472 e. The first-order valence-electron chi connectivity index (χ1n) is 45.9. The van der Waals surface area contributed by atoms with E-state index >= 15 is 0 Å². The van der Waals surface area contributed by atoms with Crippen LogP contribution < -0.4 is 0 Å². The first kappa shape index (κ1) is 106. The van der Waals surface area contributed by atoms with Gasteiger partial charge in [-0.25, -0.2) is 9.13 Å². The molecule has 0 bridgehead atoms. The highest BCUT2D eigenvalue weighted by atomic mass is 31.2. The summed E-state index contributed by atoms with van der Waals surface area (Å²) >= 11 is 0. The molecule has 6 atom stereocenters. The van der Waals surface area contributed by atoms with Gasteiger partial charge in [0.1, 0.15) is 19.3 Å². The SMILES string of the molecule is CCCCCCCCCCCCCCCC(=O)OC[C@H](COP(=O)(O)OC[C@H](O)COP(=O)(O)OC[C@@H](COC(=O)CCCCCCCCCCCCCCCCCC(C)C)OC(=O)CCCCCCCCCCCCCCCCCCC(C)C)OC(=O)CCCCCCCCCCCCCCCCC(C)CC. The van der Waals surface area contributed by atoms with Crippen molar-refractivity contribution in [1.29, 1.82) is 0 Å². The second-order valence-electron chi connectivity index (χ2n) is 33.2. The number of aliphatic hydroxyl groups is 1. The van der Waals surface area contributed by atoms with Crippen LogP contribution in [0.15, 0.2) is 0 Å². The molecule has 0 aliphatic rings. The van der Waals surface area contributed by atoms with Crippen LogP contribution in [0.25, 0.3) is 0 Å². The molecule has 17 nitrogen and oxygen atoms in total. The Bertz CT molecular complexity index is 2080. The summed E-state index contributed by atoms with van der Waals surface area (Å²) in [6, 6.07) is 0. The van der Waals surface area contributed by atoms with E-state index in [1.165, 1.54) is 283 Å². The highest BCUT2D eigenvalue weighted by Crippen LogP contribution is 2.45. The molecule has 0 aliphatic carbocycles. The number of carbonyl (C=O) groups excluding carboxylic acids is 4. The number of esters is 4. The lowest BCUT2D eigenvalue weighted by Crippen LogP contribution is -2.30. The van der Waals surface area contributed by atoms with E-state index in [0.717, 1.165) is 108 Å². The summed E-state index contributed by atoms with van der Waals surface area (Å²) in [6.45, 7) is 12.1. The summed E-state index contributed by atoms with van der Waals surface area (Å²) < 4.78 is 69.0. The van der Waals surface area contributed by atoms with Crippen LogP contribution in [0.2, 0.25) is 0 Å². The Balaban J connectivity index is 5.27. The van der Waals surface area contributed by atoms with Crippen LogP contribution in [-0.4, -0.2) is 96.7 Å². The van der Waals surface area contributed by atoms with Gasteiger partial charge in [-0.05, 0) is 43.4 Å². The number of unbranched alkanes of at least 4 members (excludes halogenated alkanes) is 54. The maximum Gasteiger partial charge on any atom is 0.472 e. The van der Waals surface area contributed by atoms with Gasteiger partial charge in [0, 0.05) is 25.7 Å². The third kappa shape index (κ3) is 80.7. The first-order valence-corrected chi connectivity index (χ1v) is 48.9. The minimum atomic E-state index is -4.97. The number of hydrogen-bond acceptors (Lipinski definition) is 15. The van der Waals surface area contributed by atoms with Gasteiger partial charge >= 0.3 is 39.5 Å². The molecule has 0 saturated heterocycles. The number of phosphoric acid groups is 2. The van der Waals surface area contributed by atoms with E-state index in [1.807, 2.05) is 0 Å². The monoisotopic (exact) mass is 1580 g/mol. The number of phosphoric ester groups is 2. The predicted molar refractivity (Wildman–Crippen MR) is 446 cm³/mol. The summed E-state index contributed by atoms with van der Waals surface area (Å²) in [5.74, 6) is 0.364. The second-order valence-corrected chi connectivity index (χ2v) is 36.1. The molecule has 3 unspecified atom stereocenters. The highest BCUT2D eigenvalue weighted by Gasteiger charge is 2.31. The van der Waals surface area contributed by atoms with Gasteiger partial charge in [-0.3, -0.25) is 37.3 Å². The van der Waals surface area contributed by atoms with Crippen molar-refractivity contribution in [1.82, 2.24) is 0 Å². The molecular formula is C89H174O17P2. The maximum atomic E-state index is 13.2. The van der Waals surface area contributed by atoms with Crippen LogP contribution in [0.1, 0.15) is 472 Å². The van der Waals surface area contributed by atoms with Gasteiger partial charge in [0.05, 0.1) is 26.4 Å². The van der Waals surface area contributed by atoms with E-state index in [1.54, 1.807) is 0 Å². The minimum Gasteiger partial charge on any atom is -0.462 e. The van der Waals surface area contributed by atoms with Gasteiger partial charge in [-0.2, -0.15) is 0 Å². The summed E-state index contributed by atoms with van der Waals surface area (Å²) in [7, 11) is -9.94. The average molecular weight is 1580 g/mol. The van der Waals surface area contributed by atoms with Gasteiger partial charge in [0.2, 0.25) is 0 Å². The number of rotatable bonds is 87. The molecule has 0 aliphatic heterocycles. The van der Waals surface area contributed by atoms with E-state index < -0.39 is 97.5 Å². The molecule has 0 saturated carbocycles. The van der Waals surface area contributed by atoms with Crippen molar-refractivity contribution in [3.05, 3.63) is 0 Å². The number of aliphatic hydroxyl groups excluding tert-OH is 1. The molecular weight excluding hydrogens is 1400 g/mol. The van der Waals surface area contributed by atoms with Crippen LogP contribution in [-0.2, 0) is 65.4 Å². The lowest BCUT2D eigenvalue weighted by Gasteiger charge is -2.21. The van der Waals surface area contributed by atoms with Crippen molar-refractivity contribution in [2.45, 2.75) is 491 Å². The standard InChI is InChI=1S/C89H174O17P2/c1-8-10-11-12-13-14-15-25-35-42-49-56-63-70-86(91)99-76-84(106-89(94)73-66-59-52-45-38-31-24-23-28-34-41-48-55-62-69-82(7)9-2)78-103-107(95,96)101-74-83(90)75-102-108(97,98)104-79-85(77-100-87(92)71-64-57-50-43-36-29-22-18-20-27-33-40-47-54-61-68-81(5)6)105-88(93)72-65-58-51-44-37-30-21-17-16-19-26-32-39-46-53-60-67-80(3)4/h80-85,90H,8-79H2,1-7H3,(H,95,96)(H,97,98)/t82?,83-,84+,85+/m0/s1. The molecule has 3 N–H and O–H groups in total. The Kier molecular flexibility index (Phi) is 77.5. The highest BCUT2D eigenvalue weighted by molar-refractivity contribution is 7.47. The quantitative estimate of drug-likeness (QED) is 0.0222. The van der Waals surface area contributed by atoms with Crippen LogP contribution in [0.4, 0.5) is 0 Å². The normalized spacial score (nSPS) is 14.1. The van der Waals surface area contributed by atoms with E-state index in [2.05, 4.69) is 48.5 Å². The van der Waals surface area contributed by atoms with Gasteiger partial charge in [0.15, 0.2) is 12.2 Å². The number of carbonyl (C=O) groups is 4. The van der Waals surface area contributed by atoms with Gasteiger partial charge < -0.3 is 33.8 Å². The van der Waals surface area contributed by atoms with Crippen molar-refractivity contribution in [3.8, 4) is 0 Å². The smallest absolute Gasteiger partial charge is 0.462 e. The molecule has 0 amide bonds. The molecule has 19 heteroatoms. The maximum absolute atomic E-state index is 13.2. The summed E-state index contributed by atoms with van der Waals surface area (Å²) in [4.78, 5) is 73.4. The minimum absolute atomic E-state index is 0.108. The molecule has 0 radical (unpaired) electrons. The molecule has 0 aromatic heterocycles. The van der Waals surface area contributed by atoms with Crippen molar-refractivity contribution in [2.24, 2.45) is 17.8 Å². The fourth-order valence-electron chi connectivity index (χ4n) is 13.9. The van der Waals surface area contributed by atoms with E-state index in [-0.39, 0.29) is 25.7 Å². The lowest BCUT2D eigenvalue weighted by molar-refractivity contribution is -0.161. The van der Waals surface area contributed by atoms with Gasteiger partial charge in [-0.1, -0.05) is 421 Å². The molecule has 0 rings (SSSR count). The molecule has 0 fully saturated rings. The molecule has 108 heavy (non-hydrogen) atoms. The molecule has 0 aromatic rings. The summed E-state index contributed by atoms with van der Waals surface area (Å²) in [6.07, 6.45) is 70.6. The molecule has 0 heterocycles. The third-order valence-electron chi connectivity index (χ3n) is 21.2. The van der Waals surface area contributed by atoms with E-state index in [0.29, 0.717) is 25.7 Å². The van der Waals surface area contributed by atoms with Crippen molar-refractivity contribution in [3.63, 3.8) is 0 Å². The van der Waals surface area contributed by atoms with Crippen LogP contribution >= 0.6 is 15.6 Å². The zero-order valence-corrected chi connectivity index (χ0v) is 73.1. The number of hydrogen-bond donors (Lipinski definition) is 3. The Morgan fingerprint density at radius 3 is 0.704 bits per heavy atom. The molecule has 0 aromatic carbocycles. The fraction of sp³-hybridized carbons (Fsp3) is 0.955. The topological polar surface area (TPSA) is 237 Å². The van der Waals surface area contributed by atoms with Crippen molar-refractivity contribution < 1.29 is 80.2 Å². The average Bonchev–Trinajstić information content (AvgIpc) is 0.897. The third-order valence-corrected chi connectivity index (χ3v) is 23.1. The van der Waals surface area contributed by atoms with E-state index in [9.17, 15) is 43.2 Å². The van der Waals surface area contributed by atoms with E-state index in [4.69, 9.17) is 37.0 Å². The molecule has 642 valence electrons. The van der Waals surface area contributed by atoms with Crippen molar-refractivity contribution in [2.75, 3.05) is 39.6 Å². The second kappa shape index (κ2) is 78.9. The Labute approximate surface area is 664 Å². The van der Waals surface area contributed by atoms with Crippen LogP contribution in [0, 0.1) is 17.8 Å².